The van der Waals surface area contributed by atoms with E-state index in [9.17, 15) is 0 Å². The minimum atomic E-state index is 0.932. The van der Waals surface area contributed by atoms with Crippen molar-refractivity contribution in [1.82, 2.24) is 9.55 Å². The van der Waals surface area contributed by atoms with Crippen LogP contribution in [0.2, 0.25) is 0 Å². The summed E-state index contributed by atoms with van der Waals surface area (Å²) in [5.41, 5.74) is 3.48. The van der Waals surface area contributed by atoms with Crippen molar-refractivity contribution in [2.75, 3.05) is 0 Å². The van der Waals surface area contributed by atoms with Crippen molar-refractivity contribution in [2.45, 2.75) is 0 Å². The monoisotopic (exact) mass is 348 g/mol. The fraction of sp³-hybridized carbons (Fsp3) is 0. The van der Waals surface area contributed by atoms with Crippen LogP contribution in [0.15, 0.2) is 83.5 Å². The number of hydrogen-bond acceptors (Lipinski definition) is 1. The van der Waals surface area contributed by atoms with Crippen LogP contribution in [0.4, 0.5) is 0 Å². The summed E-state index contributed by atoms with van der Waals surface area (Å²) in [6.45, 7) is 0. The second kappa shape index (κ2) is 5.43. The number of benzene rings is 2. The number of rotatable bonds is 2. The number of aromatic nitrogens is 2. The molecular formula is C19H13BrN2. The molecule has 0 fully saturated rings. The van der Waals surface area contributed by atoms with Crippen molar-refractivity contribution < 1.29 is 0 Å². The van der Waals surface area contributed by atoms with Crippen LogP contribution in [0.5, 0.6) is 0 Å². The van der Waals surface area contributed by atoms with Crippen LogP contribution in [0.25, 0.3) is 28.0 Å². The Morgan fingerprint density at radius 3 is 2.36 bits per heavy atom. The third kappa shape index (κ3) is 2.24. The van der Waals surface area contributed by atoms with Gasteiger partial charge in [0.1, 0.15) is 5.82 Å². The molecule has 0 saturated heterocycles. The third-order valence-corrected chi connectivity index (χ3v) is 4.26. The summed E-state index contributed by atoms with van der Waals surface area (Å²) < 4.78 is 3.29. The molecule has 2 aromatic carbocycles. The molecule has 0 N–H and O–H groups in total. The Morgan fingerprint density at radius 1 is 0.818 bits per heavy atom. The Bertz CT molecular complexity index is 925. The second-order valence-electron chi connectivity index (χ2n) is 5.12. The van der Waals surface area contributed by atoms with Gasteiger partial charge in [0.2, 0.25) is 0 Å². The number of para-hydroxylation sites is 1. The first kappa shape index (κ1) is 13.3. The lowest BCUT2D eigenvalue weighted by atomic mass is 10.1. The second-order valence-corrected chi connectivity index (χ2v) is 6.03. The zero-order chi connectivity index (χ0) is 14.9. The van der Waals surface area contributed by atoms with Crippen molar-refractivity contribution in [1.29, 1.82) is 0 Å². The number of nitrogens with zero attached hydrogens (tertiary/aromatic N) is 2. The molecule has 0 aliphatic carbocycles. The molecule has 22 heavy (non-hydrogen) atoms. The maximum Gasteiger partial charge on any atom is 0.137 e. The quantitative estimate of drug-likeness (QED) is 0.470. The van der Waals surface area contributed by atoms with Gasteiger partial charge in [0.25, 0.3) is 0 Å². The minimum Gasteiger partial charge on any atom is -0.294 e. The Balaban J connectivity index is 2.04. The summed E-state index contributed by atoms with van der Waals surface area (Å²) in [5, 5.41) is 1.21. The van der Waals surface area contributed by atoms with E-state index in [0.29, 0.717) is 0 Å². The molecule has 0 aliphatic heterocycles. The van der Waals surface area contributed by atoms with Gasteiger partial charge in [-0.25, -0.2) is 4.98 Å². The molecule has 0 unspecified atom stereocenters. The van der Waals surface area contributed by atoms with Gasteiger partial charge in [-0.2, -0.15) is 0 Å². The zero-order valence-electron chi connectivity index (χ0n) is 11.8. The Kier molecular flexibility index (Phi) is 3.28. The van der Waals surface area contributed by atoms with Gasteiger partial charge in [0.15, 0.2) is 0 Å². The summed E-state index contributed by atoms with van der Waals surface area (Å²) in [4.78, 5) is 4.53. The number of halogens is 1. The van der Waals surface area contributed by atoms with Gasteiger partial charge in [-0.05, 0) is 42.0 Å². The predicted octanol–water partition coefficient (Wildman–Crippen LogP) is 5.46. The first-order chi connectivity index (χ1) is 10.8. The summed E-state index contributed by atoms with van der Waals surface area (Å²) in [6.07, 6.45) is 1.83. The highest BCUT2D eigenvalue weighted by atomic mass is 79.9. The normalized spacial score (nSPS) is 11.0. The van der Waals surface area contributed by atoms with Gasteiger partial charge < -0.3 is 0 Å². The molecule has 0 radical (unpaired) electrons. The van der Waals surface area contributed by atoms with Gasteiger partial charge in [0, 0.05) is 16.1 Å². The van der Waals surface area contributed by atoms with Crippen LogP contribution in [0.3, 0.4) is 0 Å². The summed E-state index contributed by atoms with van der Waals surface area (Å²) in [5.74, 6) is 0.932. The molecule has 2 heterocycles. The number of hydrogen-bond donors (Lipinski definition) is 0. The Hall–Kier alpha value is -2.39. The number of fused-ring (bicyclic) bond motifs is 1. The summed E-state index contributed by atoms with van der Waals surface area (Å²) >= 11 is 3.50. The Morgan fingerprint density at radius 2 is 1.59 bits per heavy atom. The van der Waals surface area contributed by atoms with Gasteiger partial charge in [0.05, 0.1) is 11.2 Å². The molecule has 0 bridgehead atoms. The highest BCUT2D eigenvalue weighted by Crippen LogP contribution is 2.31. The smallest absolute Gasteiger partial charge is 0.137 e. The number of pyridine rings is 1. The van der Waals surface area contributed by atoms with Crippen molar-refractivity contribution in [3.05, 3.63) is 83.5 Å². The van der Waals surface area contributed by atoms with E-state index >= 15 is 0 Å². The van der Waals surface area contributed by atoms with E-state index in [4.69, 9.17) is 0 Å². The molecule has 0 aliphatic rings. The highest BCUT2D eigenvalue weighted by molar-refractivity contribution is 9.10. The Labute approximate surface area is 137 Å². The van der Waals surface area contributed by atoms with Crippen LogP contribution in [0, 0.1) is 0 Å². The first-order valence-electron chi connectivity index (χ1n) is 7.11. The fourth-order valence-electron chi connectivity index (χ4n) is 2.72. The van der Waals surface area contributed by atoms with Gasteiger partial charge in [-0.3, -0.25) is 4.57 Å². The molecule has 0 amide bonds. The van der Waals surface area contributed by atoms with Crippen molar-refractivity contribution in [3.8, 4) is 17.1 Å². The van der Waals surface area contributed by atoms with Gasteiger partial charge in [-0.1, -0.05) is 52.3 Å². The summed E-state index contributed by atoms with van der Waals surface area (Å²) in [6, 6.07) is 25.0. The maximum absolute atomic E-state index is 4.53. The average Bonchev–Trinajstić information content (AvgIpc) is 2.96. The lowest BCUT2D eigenvalue weighted by Crippen LogP contribution is -1.98. The molecule has 0 spiro atoms. The standard InChI is InChI=1S/C19H13BrN2/c20-16-10-8-14(9-11-16)18-13-15-5-1-2-6-17(15)22(18)19-7-3-4-12-21-19/h1-13H. The van der Waals surface area contributed by atoms with Crippen LogP contribution >= 0.6 is 15.9 Å². The van der Waals surface area contributed by atoms with Crippen molar-refractivity contribution >= 4 is 26.8 Å². The average molecular weight is 349 g/mol. The zero-order valence-corrected chi connectivity index (χ0v) is 13.4. The molecular weight excluding hydrogens is 336 g/mol. The summed E-state index contributed by atoms with van der Waals surface area (Å²) in [7, 11) is 0. The van der Waals surface area contributed by atoms with E-state index in [-0.39, 0.29) is 0 Å². The van der Waals surface area contributed by atoms with Crippen molar-refractivity contribution in [2.24, 2.45) is 0 Å². The molecule has 2 nitrogen and oxygen atoms in total. The van der Waals surface area contributed by atoms with Crippen LogP contribution in [0.1, 0.15) is 0 Å². The predicted molar refractivity (Wildman–Crippen MR) is 94.2 cm³/mol. The minimum absolute atomic E-state index is 0.932. The van der Waals surface area contributed by atoms with Crippen LogP contribution in [-0.2, 0) is 0 Å². The van der Waals surface area contributed by atoms with E-state index < -0.39 is 0 Å². The van der Waals surface area contributed by atoms with E-state index in [1.165, 1.54) is 16.5 Å². The van der Waals surface area contributed by atoms with Crippen LogP contribution < -0.4 is 0 Å². The van der Waals surface area contributed by atoms with Crippen LogP contribution in [-0.4, -0.2) is 9.55 Å². The molecule has 3 heteroatoms. The topological polar surface area (TPSA) is 17.8 Å². The maximum atomic E-state index is 4.53. The molecule has 106 valence electrons. The first-order valence-corrected chi connectivity index (χ1v) is 7.90. The molecule has 4 rings (SSSR count). The van der Waals surface area contributed by atoms with E-state index in [2.05, 4.69) is 80.1 Å². The molecule has 2 aromatic heterocycles. The van der Waals surface area contributed by atoms with Crippen molar-refractivity contribution in [3.63, 3.8) is 0 Å². The fourth-order valence-corrected chi connectivity index (χ4v) is 2.99. The lowest BCUT2D eigenvalue weighted by Gasteiger charge is -2.10. The highest BCUT2D eigenvalue weighted by Gasteiger charge is 2.12. The van der Waals surface area contributed by atoms with E-state index in [1.807, 2.05) is 24.4 Å². The largest absolute Gasteiger partial charge is 0.294 e. The molecule has 4 aromatic rings. The third-order valence-electron chi connectivity index (χ3n) is 3.73. The van der Waals surface area contributed by atoms with Gasteiger partial charge in [-0.15, -0.1) is 0 Å². The van der Waals surface area contributed by atoms with E-state index in [0.717, 1.165) is 16.0 Å². The van der Waals surface area contributed by atoms with Gasteiger partial charge >= 0.3 is 0 Å². The molecule has 0 atom stereocenters. The van der Waals surface area contributed by atoms with E-state index in [1.54, 1.807) is 0 Å². The lowest BCUT2D eigenvalue weighted by molar-refractivity contribution is 1.05. The molecule has 0 saturated carbocycles. The SMILES string of the molecule is Brc1ccc(-c2cc3ccccc3n2-c2ccccn2)cc1.